The van der Waals surface area contributed by atoms with Crippen LogP contribution in [-0.4, -0.2) is 24.5 Å². The van der Waals surface area contributed by atoms with Crippen molar-refractivity contribution in [2.45, 2.75) is 27.1 Å². The standard InChI is InChI=1S/C34H30N2O6/c1-3-40-31-20-25(12-17-30(31)42-22-26-11-7-8-23(2)18-26)19-29-32(37)35-34(39)36(33(29)38)27-13-15-28(16-14-27)41-21-24-9-5-4-6-10-24/h4-20H,3,21-22H2,1-2H3,(H,35,37,39)/b29-19+. The molecule has 1 aliphatic heterocycles. The molecule has 4 aromatic carbocycles. The van der Waals surface area contributed by atoms with E-state index in [1.807, 2.05) is 68.4 Å². The summed E-state index contributed by atoms with van der Waals surface area (Å²) in [7, 11) is 0. The fraction of sp³-hybridized carbons (Fsp3) is 0.147. The monoisotopic (exact) mass is 562 g/mol. The molecule has 0 aromatic heterocycles. The molecular formula is C34H30N2O6. The fourth-order valence-electron chi connectivity index (χ4n) is 4.46. The summed E-state index contributed by atoms with van der Waals surface area (Å²) in [6.45, 7) is 5.01. The van der Waals surface area contributed by atoms with Crippen molar-refractivity contribution in [3.8, 4) is 17.2 Å². The van der Waals surface area contributed by atoms with Crippen LogP contribution in [0.25, 0.3) is 6.08 Å². The number of benzene rings is 4. The third-order valence-electron chi connectivity index (χ3n) is 6.50. The highest BCUT2D eigenvalue weighted by Crippen LogP contribution is 2.31. The zero-order valence-corrected chi connectivity index (χ0v) is 23.3. The second kappa shape index (κ2) is 12.9. The Labute approximate surface area is 244 Å². The molecule has 5 rings (SSSR count). The first-order valence-corrected chi connectivity index (χ1v) is 13.5. The topological polar surface area (TPSA) is 94.2 Å². The molecule has 0 atom stereocenters. The van der Waals surface area contributed by atoms with Gasteiger partial charge >= 0.3 is 6.03 Å². The van der Waals surface area contributed by atoms with Crippen molar-refractivity contribution in [1.29, 1.82) is 0 Å². The van der Waals surface area contributed by atoms with Crippen molar-refractivity contribution in [3.63, 3.8) is 0 Å². The van der Waals surface area contributed by atoms with Crippen LogP contribution < -0.4 is 24.4 Å². The van der Waals surface area contributed by atoms with E-state index in [-0.39, 0.29) is 5.57 Å². The summed E-state index contributed by atoms with van der Waals surface area (Å²) in [5.41, 5.74) is 3.83. The highest BCUT2D eigenvalue weighted by molar-refractivity contribution is 6.39. The van der Waals surface area contributed by atoms with Crippen molar-refractivity contribution in [2.24, 2.45) is 0 Å². The minimum atomic E-state index is -0.824. The summed E-state index contributed by atoms with van der Waals surface area (Å²) < 4.78 is 17.6. The first kappa shape index (κ1) is 28.2. The Bertz CT molecular complexity index is 1630. The molecule has 0 radical (unpaired) electrons. The van der Waals surface area contributed by atoms with Gasteiger partial charge < -0.3 is 14.2 Å². The van der Waals surface area contributed by atoms with Crippen LogP contribution in [0.2, 0.25) is 0 Å². The van der Waals surface area contributed by atoms with Gasteiger partial charge in [-0.15, -0.1) is 0 Å². The molecule has 4 aromatic rings. The number of ether oxygens (including phenoxy) is 3. The predicted octanol–water partition coefficient (Wildman–Crippen LogP) is 6.22. The molecule has 0 bridgehead atoms. The summed E-state index contributed by atoms with van der Waals surface area (Å²) in [4.78, 5) is 39.7. The lowest BCUT2D eigenvalue weighted by Crippen LogP contribution is -2.54. The number of nitrogens with one attached hydrogen (secondary N) is 1. The van der Waals surface area contributed by atoms with Gasteiger partial charge in [-0.05, 0) is 73.0 Å². The molecule has 1 N–H and O–H groups in total. The van der Waals surface area contributed by atoms with Crippen LogP contribution >= 0.6 is 0 Å². The normalized spacial score (nSPS) is 14.1. The largest absolute Gasteiger partial charge is 0.490 e. The average molecular weight is 563 g/mol. The van der Waals surface area contributed by atoms with E-state index in [0.29, 0.717) is 48.3 Å². The van der Waals surface area contributed by atoms with Crippen LogP contribution in [-0.2, 0) is 22.8 Å². The maximum atomic E-state index is 13.4. The van der Waals surface area contributed by atoms with Crippen LogP contribution in [0.5, 0.6) is 17.2 Å². The number of barbiturate groups is 1. The second-order valence-electron chi connectivity index (χ2n) is 9.64. The number of carbonyl (C=O) groups excluding carboxylic acids is 3. The minimum Gasteiger partial charge on any atom is -0.490 e. The Morgan fingerprint density at radius 1 is 0.738 bits per heavy atom. The Balaban J connectivity index is 1.33. The van der Waals surface area contributed by atoms with Gasteiger partial charge in [0.1, 0.15) is 24.5 Å². The summed E-state index contributed by atoms with van der Waals surface area (Å²) in [6.07, 6.45) is 1.43. The summed E-state index contributed by atoms with van der Waals surface area (Å²) in [5, 5.41) is 2.26. The molecule has 42 heavy (non-hydrogen) atoms. The molecule has 0 saturated carbocycles. The number of imide groups is 2. The number of hydrogen-bond donors (Lipinski definition) is 1. The SMILES string of the molecule is CCOc1cc(/C=C2\C(=O)NC(=O)N(c3ccc(OCc4ccccc4)cc3)C2=O)ccc1OCc1cccc(C)c1. The second-order valence-corrected chi connectivity index (χ2v) is 9.64. The quantitative estimate of drug-likeness (QED) is 0.182. The summed E-state index contributed by atoms with van der Waals surface area (Å²) >= 11 is 0. The molecule has 0 aliphatic carbocycles. The number of carbonyl (C=O) groups is 3. The van der Waals surface area contributed by atoms with E-state index in [9.17, 15) is 14.4 Å². The highest BCUT2D eigenvalue weighted by Gasteiger charge is 2.36. The third kappa shape index (κ3) is 6.67. The number of urea groups is 1. The van der Waals surface area contributed by atoms with E-state index < -0.39 is 17.8 Å². The van der Waals surface area contributed by atoms with Crippen LogP contribution in [0.15, 0.2) is 103 Å². The smallest absolute Gasteiger partial charge is 0.335 e. The molecule has 1 heterocycles. The number of amides is 4. The molecule has 1 fully saturated rings. The molecule has 0 unspecified atom stereocenters. The average Bonchev–Trinajstić information content (AvgIpc) is 2.99. The summed E-state index contributed by atoms with van der Waals surface area (Å²) in [6, 6.07) is 28.6. The van der Waals surface area contributed by atoms with E-state index in [1.165, 1.54) is 6.08 Å². The lowest BCUT2D eigenvalue weighted by molar-refractivity contribution is -0.122. The molecule has 1 saturated heterocycles. The Morgan fingerprint density at radius 2 is 1.48 bits per heavy atom. The van der Waals surface area contributed by atoms with Gasteiger partial charge in [0, 0.05) is 0 Å². The van der Waals surface area contributed by atoms with Gasteiger partial charge in [-0.1, -0.05) is 66.2 Å². The van der Waals surface area contributed by atoms with Crippen molar-refractivity contribution in [2.75, 3.05) is 11.5 Å². The van der Waals surface area contributed by atoms with Gasteiger partial charge in [-0.25, -0.2) is 9.69 Å². The number of aryl methyl sites for hydroxylation is 1. The van der Waals surface area contributed by atoms with Crippen molar-refractivity contribution in [3.05, 3.63) is 125 Å². The van der Waals surface area contributed by atoms with E-state index >= 15 is 0 Å². The Hall–Kier alpha value is -5.37. The number of anilines is 1. The number of hydrogen-bond acceptors (Lipinski definition) is 6. The predicted molar refractivity (Wildman–Crippen MR) is 159 cm³/mol. The van der Waals surface area contributed by atoms with Crippen LogP contribution in [0.4, 0.5) is 10.5 Å². The minimum absolute atomic E-state index is 0.185. The zero-order chi connectivity index (χ0) is 29.5. The molecule has 8 heteroatoms. The Kier molecular flexibility index (Phi) is 8.63. The van der Waals surface area contributed by atoms with Crippen molar-refractivity contribution >= 4 is 29.6 Å². The van der Waals surface area contributed by atoms with Gasteiger partial charge in [-0.2, -0.15) is 0 Å². The molecule has 212 valence electrons. The fourth-order valence-corrected chi connectivity index (χ4v) is 4.46. The molecule has 0 spiro atoms. The van der Waals surface area contributed by atoms with Gasteiger partial charge in [0.05, 0.1) is 12.3 Å². The van der Waals surface area contributed by atoms with Crippen molar-refractivity contribution in [1.82, 2.24) is 5.32 Å². The van der Waals surface area contributed by atoms with Gasteiger partial charge in [0.15, 0.2) is 11.5 Å². The molecule has 1 aliphatic rings. The first-order chi connectivity index (χ1) is 20.4. The lowest BCUT2D eigenvalue weighted by Gasteiger charge is -2.26. The van der Waals surface area contributed by atoms with Crippen molar-refractivity contribution < 1.29 is 28.6 Å². The van der Waals surface area contributed by atoms with Gasteiger partial charge in [-0.3, -0.25) is 14.9 Å². The van der Waals surface area contributed by atoms with Crippen LogP contribution in [0.1, 0.15) is 29.2 Å². The summed E-state index contributed by atoms with van der Waals surface area (Å²) in [5.74, 6) is 0.0715. The molecule has 8 nitrogen and oxygen atoms in total. The lowest BCUT2D eigenvalue weighted by atomic mass is 10.1. The van der Waals surface area contributed by atoms with Crippen LogP contribution in [0, 0.1) is 6.92 Å². The van der Waals surface area contributed by atoms with Gasteiger partial charge in [0.2, 0.25) is 0 Å². The van der Waals surface area contributed by atoms with Crippen LogP contribution in [0.3, 0.4) is 0 Å². The highest BCUT2D eigenvalue weighted by atomic mass is 16.5. The van der Waals surface area contributed by atoms with E-state index in [0.717, 1.165) is 21.6 Å². The van der Waals surface area contributed by atoms with E-state index in [1.54, 1.807) is 42.5 Å². The zero-order valence-electron chi connectivity index (χ0n) is 23.3. The maximum Gasteiger partial charge on any atom is 0.335 e. The first-order valence-electron chi connectivity index (χ1n) is 13.5. The van der Waals surface area contributed by atoms with E-state index in [2.05, 4.69) is 5.32 Å². The number of rotatable bonds is 10. The van der Waals surface area contributed by atoms with E-state index in [4.69, 9.17) is 14.2 Å². The molecule has 4 amide bonds. The van der Waals surface area contributed by atoms with Gasteiger partial charge in [0.25, 0.3) is 11.8 Å². The maximum absolute atomic E-state index is 13.4. The number of nitrogens with zero attached hydrogens (tertiary/aromatic N) is 1. The Morgan fingerprint density at radius 3 is 2.21 bits per heavy atom. The molecular weight excluding hydrogens is 532 g/mol. The third-order valence-corrected chi connectivity index (χ3v) is 6.50.